The molecule has 4 aliphatic rings. The van der Waals surface area contributed by atoms with Crippen LogP contribution >= 0.6 is 0 Å². The smallest absolute Gasteiger partial charge is 0.338 e. The molecule has 2 saturated carbocycles. The molecule has 0 amide bonds. The summed E-state index contributed by atoms with van der Waals surface area (Å²) in [5.41, 5.74) is -6.90. The zero-order valence-corrected chi connectivity index (χ0v) is 34.3. The summed E-state index contributed by atoms with van der Waals surface area (Å²) in [6.07, 6.45) is -8.73. The number of nitrogens with one attached hydrogen (secondary N) is 1. The lowest BCUT2D eigenvalue weighted by atomic mass is 9.44. The number of aliphatic hydroxyl groups is 3. The molecule has 2 heterocycles. The van der Waals surface area contributed by atoms with E-state index in [2.05, 4.69) is 5.32 Å². The summed E-state index contributed by atoms with van der Waals surface area (Å²) in [6.45, 7) is 8.59. The van der Waals surface area contributed by atoms with Crippen LogP contribution in [0.5, 0.6) is 0 Å². The lowest BCUT2D eigenvalue weighted by Crippen LogP contribution is -2.82. The van der Waals surface area contributed by atoms with Crippen LogP contribution < -0.4 is 5.32 Å². The van der Waals surface area contributed by atoms with Gasteiger partial charge in [0, 0.05) is 37.3 Å². The van der Waals surface area contributed by atoms with Gasteiger partial charge in [-0.1, -0.05) is 57.2 Å². The van der Waals surface area contributed by atoms with Gasteiger partial charge in [0.15, 0.2) is 17.5 Å². The van der Waals surface area contributed by atoms with Gasteiger partial charge in [-0.25, -0.2) is 9.59 Å². The van der Waals surface area contributed by atoms with Crippen LogP contribution in [-0.4, -0.2) is 99.4 Å². The van der Waals surface area contributed by atoms with Gasteiger partial charge in [0.2, 0.25) is 0 Å². The molecule has 7 rings (SSSR count). The number of benzene rings is 2. The van der Waals surface area contributed by atoms with E-state index in [1.54, 1.807) is 88.4 Å². The largest absolute Gasteiger partial charge is 0.467 e. The van der Waals surface area contributed by atoms with E-state index in [1.807, 2.05) is 0 Å². The SMILES string of the molecule is CCC(=O)O[C@H]1C[C@H]2OC[C@@]2(OC(C)=O)C2[C@H](OC(=O)c3ccccc3)[C@]3(O)C[C@H](OC(=O)[C@H](O)C(Nc4ccccc4)c4ccco4)C(C)=C([C@@H](O)C(=O)[C@@]21C)C3(C)C. The fourth-order valence-electron chi connectivity index (χ4n) is 10.00. The number of hydrogen-bond donors (Lipinski definition) is 4. The molecule has 320 valence electrons. The molecule has 2 unspecified atom stereocenters. The van der Waals surface area contributed by atoms with Crippen molar-refractivity contribution in [1.29, 1.82) is 0 Å². The molecule has 0 spiro atoms. The summed E-state index contributed by atoms with van der Waals surface area (Å²) in [5.74, 6) is -5.66. The van der Waals surface area contributed by atoms with Crippen LogP contribution in [0.3, 0.4) is 0 Å². The Morgan fingerprint density at radius 3 is 2.20 bits per heavy atom. The Kier molecular flexibility index (Phi) is 11.3. The van der Waals surface area contributed by atoms with Crippen molar-refractivity contribution >= 4 is 35.3 Å². The van der Waals surface area contributed by atoms with Crippen LogP contribution in [0.15, 0.2) is 94.6 Å². The van der Waals surface area contributed by atoms with Gasteiger partial charge in [-0.3, -0.25) is 14.4 Å². The van der Waals surface area contributed by atoms with Crippen molar-refractivity contribution < 1.29 is 67.4 Å². The number of furan rings is 1. The number of carbonyl (C=O) groups excluding carboxylic acids is 5. The highest BCUT2D eigenvalue weighted by atomic mass is 16.6. The number of esters is 4. The van der Waals surface area contributed by atoms with Crippen molar-refractivity contribution in [1.82, 2.24) is 0 Å². The summed E-state index contributed by atoms with van der Waals surface area (Å²) in [7, 11) is 0. The van der Waals surface area contributed by atoms with Gasteiger partial charge in [0.1, 0.15) is 47.9 Å². The van der Waals surface area contributed by atoms with Crippen molar-refractivity contribution in [3.63, 3.8) is 0 Å². The van der Waals surface area contributed by atoms with Crippen molar-refractivity contribution in [3.05, 3.63) is 102 Å². The van der Waals surface area contributed by atoms with Crippen molar-refractivity contribution in [2.75, 3.05) is 11.9 Å². The summed E-state index contributed by atoms with van der Waals surface area (Å²) in [5, 5.41) is 40.8. The maximum absolute atomic E-state index is 15.4. The molecule has 0 radical (unpaired) electrons. The summed E-state index contributed by atoms with van der Waals surface area (Å²) in [4.78, 5) is 69.9. The van der Waals surface area contributed by atoms with E-state index in [0.29, 0.717) is 5.69 Å². The highest BCUT2D eigenvalue weighted by molar-refractivity contribution is 5.94. The van der Waals surface area contributed by atoms with Gasteiger partial charge < -0.3 is 48.7 Å². The van der Waals surface area contributed by atoms with E-state index >= 15 is 4.79 Å². The second-order valence-corrected chi connectivity index (χ2v) is 16.9. The first-order valence-electron chi connectivity index (χ1n) is 20.1. The molecule has 60 heavy (non-hydrogen) atoms. The lowest BCUT2D eigenvalue weighted by Gasteiger charge is -2.67. The van der Waals surface area contributed by atoms with E-state index in [1.165, 1.54) is 32.2 Å². The van der Waals surface area contributed by atoms with Gasteiger partial charge in [0.25, 0.3) is 0 Å². The van der Waals surface area contributed by atoms with Gasteiger partial charge in [0.05, 0.1) is 29.8 Å². The molecule has 3 fully saturated rings. The Hall–Kier alpha value is -5.35. The topological polar surface area (TPSA) is 217 Å². The molecule has 4 N–H and O–H groups in total. The van der Waals surface area contributed by atoms with Crippen LogP contribution in [0.4, 0.5) is 5.69 Å². The predicted octanol–water partition coefficient (Wildman–Crippen LogP) is 4.40. The Bertz CT molecular complexity index is 2150. The zero-order chi connectivity index (χ0) is 43.4. The average molecular weight is 830 g/mol. The van der Waals surface area contributed by atoms with E-state index in [-0.39, 0.29) is 41.9 Å². The molecule has 1 aromatic heterocycles. The van der Waals surface area contributed by atoms with Crippen LogP contribution in [-0.2, 0) is 42.9 Å². The molecule has 2 aromatic carbocycles. The lowest BCUT2D eigenvalue weighted by molar-refractivity contribution is -0.346. The second-order valence-electron chi connectivity index (χ2n) is 16.9. The number of ketones is 1. The second kappa shape index (κ2) is 15.9. The van der Waals surface area contributed by atoms with Crippen LogP contribution in [0.2, 0.25) is 0 Å². The molecular weight excluding hydrogens is 778 g/mol. The number of aliphatic hydroxyl groups excluding tert-OH is 2. The van der Waals surface area contributed by atoms with Crippen LogP contribution in [0.25, 0.3) is 0 Å². The zero-order valence-electron chi connectivity index (χ0n) is 34.3. The minimum atomic E-state index is -2.34. The summed E-state index contributed by atoms with van der Waals surface area (Å²) >= 11 is 0. The highest BCUT2D eigenvalue weighted by Crippen LogP contribution is 2.64. The molecule has 1 aliphatic heterocycles. The number of anilines is 1. The molecule has 15 nitrogen and oxygen atoms in total. The maximum Gasteiger partial charge on any atom is 0.338 e. The molecule has 1 saturated heterocycles. The number of fused-ring (bicyclic) bond motifs is 5. The number of hydrogen-bond acceptors (Lipinski definition) is 15. The van der Waals surface area contributed by atoms with E-state index in [4.69, 9.17) is 28.1 Å². The number of Topliss-reactive ketones (excluding diaryl/α,β-unsaturated/α-hetero) is 1. The standard InChI is InChI=1S/C45H51NO14/c1-7-32(48)58-30-21-31-44(23-56-31,60-25(3)47)37-39(59-40(52)26-15-10-8-11-16-26)45(54)22-29(24(2)33(42(45,4)5)35(49)38(51)43(30,37)6)57-41(53)36(50)34(28-19-14-20-55-28)46-27-17-12-9-13-18-27/h8-20,29-31,34-37,39,46,49-50,54H,7,21-23H2,1-6H3/t29-,30-,31+,34?,35+,36+,37?,39-,43+,44-,45+/m0/s1. The van der Waals surface area contributed by atoms with Crippen molar-refractivity contribution in [2.45, 2.75) is 115 Å². The minimum Gasteiger partial charge on any atom is -0.467 e. The van der Waals surface area contributed by atoms with Crippen molar-refractivity contribution in [3.8, 4) is 0 Å². The Balaban J connectivity index is 1.39. The first-order chi connectivity index (χ1) is 28.4. The van der Waals surface area contributed by atoms with Gasteiger partial charge in [-0.2, -0.15) is 0 Å². The van der Waals surface area contributed by atoms with Gasteiger partial charge in [-0.05, 0) is 61.4 Å². The quantitative estimate of drug-likeness (QED) is 0.120. The number of ether oxygens (including phenoxy) is 5. The third kappa shape index (κ3) is 6.90. The van der Waals surface area contributed by atoms with E-state index in [9.17, 15) is 34.5 Å². The number of para-hydroxylation sites is 1. The third-order valence-corrected chi connectivity index (χ3v) is 13.2. The molecule has 3 aliphatic carbocycles. The van der Waals surface area contributed by atoms with Crippen molar-refractivity contribution in [2.24, 2.45) is 16.7 Å². The summed E-state index contributed by atoms with van der Waals surface area (Å²) in [6, 6.07) is 18.7. The monoisotopic (exact) mass is 829 g/mol. The fourth-order valence-corrected chi connectivity index (χ4v) is 10.00. The molecule has 3 aromatic rings. The summed E-state index contributed by atoms with van der Waals surface area (Å²) < 4.78 is 36.1. The third-order valence-electron chi connectivity index (χ3n) is 13.2. The first kappa shape index (κ1) is 42.8. The molecule has 15 heteroatoms. The number of carbonyl (C=O) groups is 5. The molecule has 2 bridgehead atoms. The normalized spacial score (nSPS) is 32.6. The Morgan fingerprint density at radius 1 is 0.950 bits per heavy atom. The minimum absolute atomic E-state index is 0.0342. The predicted molar refractivity (Wildman–Crippen MR) is 211 cm³/mol. The Labute approximate surface area is 347 Å². The van der Waals surface area contributed by atoms with E-state index in [0.717, 1.165) is 0 Å². The molecule has 11 atom stereocenters. The van der Waals surface area contributed by atoms with E-state index < -0.39 is 107 Å². The fraction of sp³-hybridized carbons (Fsp3) is 0.489. The number of rotatable bonds is 11. The average Bonchev–Trinajstić information content (AvgIpc) is 3.76. The Morgan fingerprint density at radius 2 is 1.62 bits per heavy atom. The van der Waals surface area contributed by atoms with Crippen LogP contribution in [0.1, 0.15) is 83.0 Å². The van der Waals surface area contributed by atoms with Crippen LogP contribution in [0, 0.1) is 16.7 Å². The van der Waals surface area contributed by atoms with Gasteiger partial charge in [-0.15, -0.1) is 0 Å². The first-order valence-corrected chi connectivity index (χ1v) is 20.1. The van der Waals surface area contributed by atoms with Gasteiger partial charge >= 0.3 is 23.9 Å². The highest BCUT2D eigenvalue weighted by Gasteiger charge is 2.78. The maximum atomic E-state index is 15.4. The molecular formula is C45H51NO14.